The van der Waals surface area contributed by atoms with E-state index in [-0.39, 0.29) is 5.04 Å². The summed E-state index contributed by atoms with van der Waals surface area (Å²) in [6.45, 7) is 12.9. The van der Waals surface area contributed by atoms with Crippen LogP contribution in [0.3, 0.4) is 0 Å². The Morgan fingerprint density at radius 1 is 1.05 bits per heavy atom. The molecule has 0 saturated heterocycles. The van der Waals surface area contributed by atoms with Crippen molar-refractivity contribution < 1.29 is 9.16 Å². The Balaban J connectivity index is 2.23. The topological polar surface area (TPSA) is 18.5 Å². The summed E-state index contributed by atoms with van der Waals surface area (Å²) in [5.41, 5.74) is 0. The molecule has 0 heterocycles. The summed E-state index contributed by atoms with van der Waals surface area (Å²) >= 11 is 2.29. The summed E-state index contributed by atoms with van der Waals surface area (Å²) in [7, 11) is -1.60. The quantitative estimate of drug-likeness (QED) is 0.382. The standard InChI is InChI=1S/C15H25IO2Si/c1-15(2,3)19(4,5)18-12-6-11-17-14-9-7-13(16)8-10-14/h7-10H,6,11-12H2,1-5H3. The maximum Gasteiger partial charge on any atom is 0.191 e. The normalized spacial score (nSPS) is 12.5. The molecule has 1 rings (SSSR count). The molecule has 1 aromatic carbocycles. The predicted molar refractivity (Wildman–Crippen MR) is 92.4 cm³/mol. The summed E-state index contributed by atoms with van der Waals surface area (Å²) in [6, 6.07) is 8.14. The molecule has 0 unspecified atom stereocenters. The largest absolute Gasteiger partial charge is 0.494 e. The molecule has 0 aliphatic rings. The first-order chi connectivity index (χ1) is 8.72. The molecular formula is C15H25IO2Si. The lowest BCUT2D eigenvalue weighted by molar-refractivity contribution is 0.234. The van der Waals surface area contributed by atoms with Crippen molar-refractivity contribution in [2.75, 3.05) is 13.2 Å². The first kappa shape index (κ1) is 17.0. The molecular weight excluding hydrogens is 367 g/mol. The van der Waals surface area contributed by atoms with Crippen LogP contribution < -0.4 is 4.74 Å². The number of ether oxygens (including phenoxy) is 1. The molecule has 0 bridgehead atoms. The van der Waals surface area contributed by atoms with Gasteiger partial charge in [-0.2, -0.15) is 0 Å². The second kappa shape index (κ2) is 7.08. The Kier molecular flexibility index (Phi) is 6.33. The molecule has 2 nitrogen and oxygen atoms in total. The van der Waals surface area contributed by atoms with E-state index in [4.69, 9.17) is 9.16 Å². The lowest BCUT2D eigenvalue weighted by atomic mass is 10.2. The van der Waals surface area contributed by atoms with Crippen molar-refractivity contribution in [3.8, 4) is 5.75 Å². The van der Waals surface area contributed by atoms with E-state index >= 15 is 0 Å². The van der Waals surface area contributed by atoms with Gasteiger partial charge in [0.25, 0.3) is 0 Å². The minimum absolute atomic E-state index is 0.282. The van der Waals surface area contributed by atoms with Crippen LogP contribution in [0.25, 0.3) is 0 Å². The van der Waals surface area contributed by atoms with E-state index in [9.17, 15) is 0 Å². The molecule has 0 aliphatic carbocycles. The predicted octanol–water partition coefficient (Wildman–Crippen LogP) is 5.08. The third kappa shape index (κ3) is 5.83. The number of benzene rings is 1. The van der Waals surface area contributed by atoms with Crippen LogP contribution in [-0.2, 0) is 4.43 Å². The fourth-order valence-corrected chi connectivity index (χ4v) is 2.77. The Morgan fingerprint density at radius 2 is 1.63 bits per heavy atom. The molecule has 0 atom stereocenters. The summed E-state index contributed by atoms with van der Waals surface area (Å²) in [5, 5.41) is 0.282. The van der Waals surface area contributed by atoms with Crippen LogP contribution >= 0.6 is 22.6 Å². The van der Waals surface area contributed by atoms with Crippen LogP contribution in [0.4, 0.5) is 0 Å². The molecule has 1 aromatic rings. The Bertz CT molecular complexity index is 382. The highest BCUT2D eigenvalue weighted by Crippen LogP contribution is 2.36. The van der Waals surface area contributed by atoms with E-state index in [0.29, 0.717) is 0 Å². The van der Waals surface area contributed by atoms with Crippen molar-refractivity contribution in [2.24, 2.45) is 0 Å². The van der Waals surface area contributed by atoms with Crippen molar-refractivity contribution in [1.29, 1.82) is 0 Å². The molecule has 19 heavy (non-hydrogen) atoms. The highest BCUT2D eigenvalue weighted by Gasteiger charge is 2.36. The SMILES string of the molecule is CC(C)(C)[Si](C)(C)OCCCOc1ccc(I)cc1. The van der Waals surface area contributed by atoms with Crippen molar-refractivity contribution >= 4 is 30.9 Å². The molecule has 0 N–H and O–H groups in total. The van der Waals surface area contributed by atoms with E-state index in [1.54, 1.807) is 0 Å². The molecule has 4 heteroatoms. The molecule has 0 amide bonds. The summed E-state index contributed by atoms with van der Waals surface area (Å²) in [4.78, 5) is 0. The minimum Gasteiger partial charge on any atom is -0.494 e. The Morgan fingerprint density at radius 3 is 2.16 bits per heavy atom. The molecule has 108 valence electrons. The summed E-state index contributed by atoms with van der Waals surface area (Å²) < 4.78 is 13.0. The van der Waals surface area contributed by atoms with Gasteiger partial charge in [-0.05, 0) is 65.0 Å². The second-order valence-corrected chi connectivity index (χ2v) is 12.3. The van der Waals surface area contributed by atoms with Gasteiger partial charge in [0, 0.05) is 16.6 Å². The number of hydrogen-bond donors (Lipinski definition) is 0. The van der Waals surface area contributed by atoms with Gasteiger partial charge in [0.1, 0.15) is 5.75 Å². The number of rotatable bonds is 6. The van der Waals surface area contributed by atoms with Gasteiger partial charge in [-0.1, -0.05) is 20.8 Å². The maximum absolute atomic E-state index is 6.11. The summed E-state index contributed by atoms with van der Waals surface area (Å²) in [6.07, 6.45) is 0.943. The smallest absolute Gasteiger partial charge is 0.191 e. The maximum atomic E-state index is 6.11. The third-order valence-electron chi connectivity index (χ3n) is 3.64. The van der Waals surface area contributed by atoms with E-state index < -0.39 is 8.32 Å². The van der Waals surface area contributed by atoms with Crippen molar-refractivity contribution in [3.63, 3.8) is 0 Å². The van der Waals surface area contributed by atoms with Crippen LogP contribution in [0.1, 0.15) is 27.2 Å². The van der Waals surface area contributed by atoms with Gasteiger partial charge in [0.05, 0.1) is 6.61 Å². The van der Waals surface area contributed by atoms with Crippen molar-refractivity contribution in [1.82, 2.24) is 0 Å². The zero-order chi connectivity index (χ0) is 14.5. The van der Waals surface area contributed by atoms with Crippen LogP contribution in [0.15, 0.2) is 24.3 Å². The van der Waals surface area contributed by atoms with Gasteiger partial charge in [0.15, 0.2) is 8.32 Å². The van der Waals surface area contributed by atoms with Gasteiger partial charge in [0.2, 0.25) is 0 Å². The van der Waals surface area contributed by atoms with Gasteiger partial charge >= 0.3 is 0 Å². The molecule has 0 saturated carbocycles. The van der Waals surface area contributed by atoms with Gasteiger partial charge in [-0.3, -0.25) is 0 Å². The molecule has 0 aromatic heterocycles. The second-order valence-electron chi connectivity index (χ2n) is 6.26. The molecule has 0 fully saturated rings. The average molecular weight is 392 g/mol. The van der Waals surface area contributed by atoms with E-state index in [1.165, 1.54) is 3.57 Å². The van der Waals surface area contributed by atoms with Crippen LogP contribution in [0.2, 0.25) is 18.1 Å². The first-order valence-corrected chi connectivity index (χ1v) is 10.7. The third-order valence-corrected chi connectivity index (χ3v) is 8.90. The van der Waals surface area contributed by atoms with Gasteiger partial charge in [-0.25, -0.2) is 0 Å². The number of hydrogen-bond acceptors (Lipinski definition) is 2. The first-order valence-electron chi connectivity index (χ1n) is 6.75. The number of halogens is 1. The highest BCUT2D eigenvalue weighted by atomic mass is 127. The lowest BCUT2D eigenvalue weighted by Crippen LogP contribution is -2.41. The Hall–Kier alpha value is -0.0731. The van der Waals surface area contributed by atoms with E-state index in [2.05, 4.69) is 68.6 Å². The molecule has 0 spiro atoms. The van der Waals surface area contributed by atoms with Crippen LogP contribution in [0.5, 0.6) is 5.75 Å². The fourth-order valence-electron chi connectivity index (χ4n) is 1.32. The van der Waals surface area contributed by atoms with E-state index in [1.807, 2.05) is 12.1 Å². The fraction of sp³-hybridized carbons (Fsp3) is 0.600. The van der Waals surface area contributed by atoms with E-state index in [0.717, 1.165) is 25.4 Å². The molecule has 0 aliphatic heterocycles. The van der Waals surface area contributed by atoms with Crippen molar-refractivity contribution in [2.45, 2.75) is 45.3 Å². The average Bonchev–Trinajstić information content (AvgIpc) is 2.29. The summed E-state index contributed by atoms with van der Waals surface area (Å²) in [5.74, 6) is 0.938. The van der Waals surface area contributed by atoms with Crippen LogP contribution in [-0.4, -0.2) is 21.5 Å². The zero-order valence-electron chi connectivity index (χ0n) is 12.6. The lowest BCUT2D eigenvalue weighted by Gasteiger charge is -2.36. The molecule has 0 radical (unpaired) electrons. The van der Waals surface area contributed by atoms with Gasteiger partial charge < -0.3 is 9.16 Å². The van der Waals surface area contributed by atoms with Crippen molar-refractivity contribution in [3.05, 3.63) is 27.8 Å². The highest BCUT2D eigenvalue weighted by molar-refractivity contribution is 14.1. The minimum atomic E-state index is -1.60. The van der Waals surface area contributed by atoms with Crippen LogP contribution in [0, 0.1) is 3.57 Å². The Labute approximate surface area is 132 Å². The van der Waals surface area contributed by atoms with Gasteiger partial charge in [-0.15, -0.1) is 0 Å². The monoisotopic (exact) mass is 392 g/mol. The zero-order valence-corrected chi connectivity index (χ0v) is 15.8.